The summed E-state index contributed by atoms with van der Waals surface area (Å²) in [5.74, 6) is 2.10. The van der Waals surface area contributed by atoms with Crippen LogP contribution in [-0.4, -0.2) is 34.1 Å². The second-order valence-corrected chi connectivity index (χ2v) is 5.37. The molecule has 1 aliphatic rings. The third kappa shape index (κ3) is 3.36. The van der Waals surface area contributed by atoms with Gasteiger partial charge in [-0.05, 0) is 42.4 Å². The average molecular weight is 252 g/mol. The van der Waals surface area contributed by atoms with Gasteiger partial charge in [0.05, 0.1) is 5.69 Å². The van der Waals surface area contributed by atoms with Crippen molar-refractivity contribution in [2.24, 2.45) is 5.92 Å². The number of hydrogen-bond acceptors (Lipinski definition) is 4. The first-order valence-electron chi connectivity index (χ1n) is 5.77. The van der Waals surface area contributed by atoms with E-state index in [0.717, 1.165) is 6.54 Å². The van der Waals surface area contributed by atoms with Crippen LogP contribution in [0.15, 0.2) is 18.3 Å². The highest BCUT2D eigenvalue weighted by molar-refractivity contribution is 7.99. The molecule has 0 aromatic carbocycles. The van der Waals surface area contributed by atoms with Gasteiger partial charge in [-0.1, -0.05) is 0 Å². The predicted molar refractivity (Wildman–Crippen MR) is 69.7 cm³/mol. The largest absolute Gasteiger partial charge is 0.476 e. The first-order valence-corrected chi connectivity index (χ1v) is 6.93. The van der Waals surface area contributed by atoms with E-state index in [1.165, 1.54) is 30.5 Å². The van der Waals surface area contributed by atoms with E-state index in [1.807, 2.05) is 11.8 Å². The van der Waals surface area contributed by atoms with Crippen LogP contribution in [-0.2, 0) is 0 Å². The average Bonchev–Trinajstić information content (AvgIpc) is 2.38. The van der Waals surface area contributed by atoms with Gasteiger partial charge < -0.3 is 10.4 Å². The maximum atomic E-state index is 11.0. The third-order valence-electron chi connectivity index (χ3n) is 2.93. The Morgan fingerprint density at radius 1 is 1.53 bits per heavy atom. The van der Waals surface area contributed by atoms with Gasteiger partial charge in [0.15, 0.2) is 5.69 Å². The maximum absolute atomic E-state index is 11.0. The number of nitrogens with zero attached hydrogens (tertiary/aromatic N) is 1. The fourth-order valence-corrected chi connectivity index (χ4v) is 3.13. The molecule has 0 spiro atoms. The van der Waals surface area contributed by atoms with Crippen LogP contribution in [0.5, 0.6) is 0 Å². The van der Waals surface area contributed by atoms with E-state index in [9.17, 15) is 4.79 Å². The molecule has 1 aromatic rings. The summed E-state index contributed by atoms with van der Waals surface area (Å²) in [6.07, 6.45) is 3.92. The Hall–Kier alpha value is -1.23. The number of carbonyl (C=O) groups is 1. The Balaban J connectivity index is 1.96. The third-order valence-corrected chi connectivity index (χ3v) is 3.98. The number of pyridine rings is 1. The fourth-order valence-electron chi connectivity index (χ4n) is 1.92. The Bertz CT molecular complexity index is 392. The molecular weight excluding hydrogens is 236 g/mol. The van der Waals surface area contributed by atoms with Gasteiger partial charge in [0.2, 0.25) is 0 Å². The quantitative estimate of drug-likeness (QED) is 0.861. The van der Waals surface area contributed by atoms with Crippen molar-refractivity contribution in [2.45, 2.75) is 12.8 Å². The standard InChI is InChI=1S/C12H16N2O2S/c15-12(16)11-10(2-1-5-13-11)14-8-9-3-6-17-7-4-9/h1-2,5,9,14H,3-4,6-8H2,(H,15,16). The van der Waals surface area contributed by atoms with E-state index >= 15 is 0 Å². The van der Waals surface area contributed by atoms with E-state index < -0.39 is 5.97 Å². The molecule has 0 saturated carbocycles. The number of aromatic carboxylic acids is 1. The summed E-state index contributed by atoms with van der Waals surface area (Å²) in [6.45, 7) is 0.840. The lowest BCUT2D eigenvalue weighted by Crippen LogP contribution is -2.20. The Kier molecular flexibility index (Phi) is 4.25. The van der Waals surface area contributed by atoms with Crippen molar-refractivity contribution >= 4 is 23.4 Å². The van der Waals surface area contributed by atoms with Crippen LogP contribution in [0.4, 0.5) is 5.69 Å². The summed E-state index contributed by atoms with van der Waals surface area (Å²) in [5, 5.41) is 12.2. The molecule has 0 unspecified atom stereocenters. The molecule has 0 aliphatic carbocycles. The highest BCUT2D eigenvalue weighted by Crippen LogP contribution is 2.23. The van der Waals surface area contributed by atoms with Crippen molar-refractivity contribution in [3.63, 3.8) is 0 Å². The molecule has 2 heterocycles. The second-order valence-electron chi connectivity index (χ2n) is 4.14. The molecule has 1 saturated heterocycles. The van der Waals surface area contributed by atoms with Crippen molar-refractivity contribution in [2.75, 3.05) is 23.4 Å². The summed E-state index contributed by atoms with van der Waals surface area (Å²) >= 11 is 1.99. The number of rotatable bonds is 4. The van der Waals surface area contributed by atoms with E-state index in [-0.39, 0.29) is 5.69 Å². The molecule has 0 amide bonds. The minimum atomic E-state index is -0.979. The molecular formula is C12H16N2O2S. The van der Waals surface area contributed by atoms with Crippen molar-refractivity contribution in [1.29, 1.82) is 0 Å². The zero-order chi connectivity index (χ0) is 12.1. The number of carboxylic acid groups (broad SMARTS) is 1. The monoisotopic (exact) mass is 252 g/mol. The van der Waals surface area contributed by atoms with Gasteiger partial charge in [-0.15, -0.1) is 0 Å². The van der Waals surface area contributed by atoms with Crippen LogP contribution in [0.3, 0.4) is 0 Å². The molecule has 0 radical (unpaired) electrons. The first-order chi connectivity index (χ1) is 8.27. The molecule has 17 heavy (non-hydrogen) atoms. The van der Waals surface area contributed by atoms with Gasteiger partial charge in [-0.25, -0.2) is 9.78 Å². The number of carboxylic acids is 1. The number of anilines is 1. The molecule has 0 bridgehead atoms. The van der Waals surface area contributed by atoms with E-state index in [1.54, 1.807) is 12.1 Å². The Labute approximate surface area is 105 Å². The van der Waals surface area contributed by atoms with E-state index in [2.05, 4.69) is 10.3 Å². The van der Waals surface area contributed by atoms with E-state index in [0.29, 0.717) is 11.6 Å². The van der Waals surface area contributed by atoms with Gasteiger partial charge in [-0.3, -0.25) is 0 Å². The normalized spacial score (nSPS) is 16.7. The molecule has 92 valence electrons. The van der Waals surface area contributed by atoms with Crippen molar-refractivity contribution in [1.82, 2.24) is 4.98 Å². The zero-order valence-corrected chi connectivity index (χ0v) is 10.4. The lowest BCUT2D eigenvalue weighted by Gasteiger charge is -2.22. The molecule has 1 fully saturated rings. The lowest BCUT2D eigenvalue weighted by atomic mass is 10.0. The van der Waals surface area contributed by atoms with Gasteiger partial charge in [0.25, 0.3) is 0 Å². The van der Waals surface area contributed by atoms with Crippen molar-refractivity contribution in [3.05, 3.63) is 24.0 Å². The fraction of sp³-hybridized carbons (Fsp3) is 0.500. The van der Waals surface area contributed by atoms with Gasteiger partial charge in [0, 0.05) is 12.7 Å². The minimum Gasteiger partial charge on any atom is -0.476 e. The topological polar surface area (TPSA) is 62.2 Å². The molecule has 2 N–H and O–H groups in total. The highest BCUT2D eigenvalue weighted by atomic mass is 32.2. The molecule has 2 rings (SSSR count). The van der Waals surface area contributed by atoms with Crippen LogP contribution >= 0.6 is 11.8 Å². The highest BCUT2D eigenvalue weighted by Gasteiger charge is 2.15. The van der Waals surface area contributed by atoms with Crippen LogP contribution in [0.2, 0.25) is 0 Å². The maximum Gasteiger partial charge on any atom is 0.356 e. The first kappa shape index (κ1) is 12.2. The molecule has 0 atom stereocenters. The number of thioether (sulfide) groups is 1. The minimum absolute atomic E-state index is 0.109. The smallest absolute Gasteiger partial charge is 0.356 e. The zero-order valence-electron chi connectivity index (χ0n) is 9.56. The summed E-state index contributed by atoms with van der Waals surface area (Å²) in [5.41, 5.74) is 0.732. The van der Waals surface area contributed by atoms with Crippen LogP contribution in [0.1, 0.15) is 23.3 Å². The number of nitrogens with one attached hydrogen (secondary N) is 1. The van der Waals surface area contributed by atoms with E-state index in [4.69, 9.17) is 5.11 Å². The molecule has 1 aliphatic heterocycles. The summed E-state index contributed by atoms with van der Waals surface area (Å²) < 4.78 is 0. The summed E-state index contributed by atoms with van der Waals surface area (Å²) in [6, 6.07) is 3.53. The van der Waals surface area contributed by atoms with Crippen molar-refractivity contribution in [3.8, 4) is 0 Å². The molecule has 1 aromatic heterocycles. The van der Waals surface area contributed by atoms with Crippen molar-refractivity contribution < 1.29 is 9.90 Å². The van der Waals surface area contributed by atoms with Gasteiger partial charge in [0.1, 0.15) is 0 Å². The molecule has 4 nitrogen and oxygen atoms in total. The lowest BCUT2D eigenvalue weighted by molar-refractivity contribution is 0.0691. The number of hydrogen-bond donors (Lipinski definition) is 2. The van der Waals surface area contributed by atoms with Gasteiger partial charge in [-0.2, -0.15) is 11.8 Å². The SMILES string of the molecule is O=C(O)c1ncccc1NCC1CCSCC1. The van der Waals surface area contributed by atoms with Crippen LogP contribution in [0, 0.1) is 5.92 Å². The van der Waals surface area contributed by atoms with Crippen LogP contribution < -0.4 is 5.32 Å². The summed E-state index contributed by atoms with van der Waals surface area (Å²) in [4.78, 5) is 14.8. The molecule has 5 heteroatoms. The Morgan fingerprint density at radius 3 is 3.00 bits per heavy atom. The predicted octanol–water partition coefficient (Wildman–Crippen LogP) is 2.33. The Morgan fingerprint density at radius 2 is 2.29 bits per heavy atom. The number of aromatic nitrogens is 1. The van der Waals surface area contributed by atoms with Crippen LogP contribution in [0.25, 0.3) is 0 Å². The second kappa shape index (κ2) is 5.91. The summed E-state index contributed by atoms with van der Waals surface area (Å²) in [7, 11) is 0. The van der Waals surface area contributed by atoms with Gasteiger partial charge >= 0.3 is 5.97 Å².